The Bertz CT molecular complexity index is 1100. The van der Waals surface area contributed by atoms with Gasteiger partial charge in [-0.1, -0.05) is 13.8 Å². The zero-order valence-electron chi connectivity index (χ0n) is 33.2. The number of unbranched alkanes of at least 4 members (excludes halogenated alkanes) is 1. The molecular formula is C36H67N7O12. The predicted octanol–water partition coefficient (Wildman–Crippen LogP) is -1.65. The average Bonchev–Trinajstić information content (AvgIpc) is 3.14. The molecule has 0 radical (unpaired) electrons. The summed E-state index contributed by atoms with van der Waals surface area (Å²) in [4.78, 5) is 77.5. The highest BCUT2D eigenvalue weighted by atomic mass is 16.6. The molecular weight excluding hydrogens is 722 g/mol. The zero-order valence-corrected chi connectivity index (χ0v) is 33.2. The van der Waals surface area contributed by atoms with E-state index >= 15 is 0 Å². The molecule has 19 heteroatoms. The maximum Gasteiger partial charge on any atom is 0.317 e. The third-order valence-corrected chi connectivity index (χ3v) is 8.44. The van der Waals surface area contributed by atoms with Crippen molar-refractivity contribution in [1.82, 2.24) is 35.6 Å². The van der Waals surface area contributed by atoms with Crippen molar-refractivity contribution in [3.63, 3.8) is 0 Å². The Morgan fingerprint density at radius 1 is 0.636 bits per heavy atom. The minimum atomic E-state index is -1.03. The van der Waals surface area contributed by atoms with Crippen LogP contribution in [0.5, 0.6) is 0 Å². The minimum absolute atomic E-state index is 0.0699. The molecule has 0 aromatic carbocycles. The van der Waals surface area contributed by atoms with Crippen LogP contribution in [0.15, 0.2) is 0 Å². The van der Waals surface area contributed by atoms with E-state index in [-0.39, 0.29) is 75.6 Å². The van der Waals surface area contributed by atoms with Crippen LogP contribution in [-0.2, 0) is 47.7 Å². The number of hydrogen-bond donors (Lipinski definition) is 5. The number of carboxylic acids is 2. The first kappa shape index (κ1) is 49.9. The van der Waals surface area contributed by atoms with Gasteiger partial charge in [0.25, 0.3) is 0 Å². The first-order chi connectivity index (χ1) is 26.4. The highest BCUT2D eigenvalue weighted by Gasteiger charge is 2.22. The van der Waals surface area contributed by atoms with Crippen molar-refractivity contribution in [2.75, 3.05) is 138 Å². The summed E-state index contributed by atoms with van der Waals surface area (Å²) < 4.78 is 22.0. The number of carbonyl (C=O) groups excluding carboxylic acids is 4. The number of carbonyl (C=O) groups is 6. The second kappa shape index (κ2) is 32.0. The van der Waals surface area contributed by atoms with E-state index in [4.69, 9.17) is 18.9 Å². The second-order valence-electron chi connectivity index (χ2n) is 13.7. The van der Waals surface area contributed by atoms with Gasteiger partial charge in [-0.3, -0.25) is 43.6 Å². The van der Waals surface area contributed by atoms with Gasteiger partial charge < -0.3 is 49.9 Å². The summed E-state index contributed by atoms with van der Waals surface area (Å²) in [5, 5.41) is 27.7. The van der Waals surface area contributed by atoms with Gasteiger partial charge in [-0.2, -0.15) is 0 Å². The van der Waals surface area contributed by atoms with Crippen LogP contribution >= 0.6 is 0 Å². The van der Waals surface area contributed by atoms with Gasteiger partial charge in [-0.25, -0.2) is 0 Å². The largest absolute Gasteiger partial charge is 0.480 e. The summed E-state index contributed by atoms with van der Waals surface area (Å²) in [6.45, 7) is 11.5. The second-order valence-corrected chi connectivity index (χ2v) is 13.7. The van der Waals surface area contributed by atoms with Gasteiger partial charge in [0.15, 0.2) is 0 Å². The number of aliphatic carboxylic acids is 2. The van der Waals surface area contributed by atoms with Gasteiger partial charge in [-0.05, 0) is 26.2 Å². The van der Waals surface area contributed by atoms with E-state index in [1.165, 1.54) is 0 Å². The molecule has 19 nitrogen and oxygen atoms in total. The van der Waals surface area contributed by atoms with Gasteiger partial charge in [0.05, 0.1) is 91.7 Å². The van der Waals surface area contributed by atoms with Crippen LogP contribution in [0, 0.1) is 0 Å². The summed E-state index contributed by atoms with van der Waals surface area (Å²) in [5.41, 5.74) is 0. The van der Waals surface area contributed by atoms with Crippen molar-refractivity contribution >= 4 is 35.8 Å². The van der Waals surface area contributed by atoms with Crippen molar-refractivity contribution in [2.45, 2.75) is 58.5 Å². The Balaban J connectivity index is 2.13. The number of ketones is 1. The van der Waals surface area contributed by atoms with Crippen molar-refractivity contribution in [2.24, 2.45) is 0 Å². The predicted molar refractivity (Wildman–Crippen MR) is 203 cm³/mol. The molecule has 0 saturated carbocycles. The lowest BCUT2D eigenvalue weighted by molar-refractivity contribution is -0.140. The molecule has 1 saturated heterocycles. The number of Topliss-reactive ketones (excluding diaryl/α,β-unsaturated/α-hetero) is 1. The average molecular weight is 790 g/mol. The van der Waals surface area contributed by atoms with Crippen molar-refractivity contribution in [1.29, 1.82) is 0 Å². The van der Waals surface area contributed by atoms with Gasteiger partial charge in [0.2, 0.25) is 11.8 Å². The molecule has 55 heavy (non-hydrogen) atoms. The van der Waals surface area contributed by atoms with E-state index in [0.29, 0.717) is 98.6 Å². The third-order valence-electron chi connectivity index (χ3n) is 8.44. The molecule has 1 aliphatic rings. The van der Waals surface area contributed by atoms with Crippen LogP contribution in [0.1, 0.15) is 46.5 Å². The Morgan fingerprint density at radius 2 is 1.13 bits per heavy atom. The fourth-order valence-corrected chi connectivity index (χ4v) is 5.63. The number of aldehydes is 1. The fourth-order valence-electron chi connectivity index (χ4n) is 5.63. The standard InChI is InChI=1S/C36H67N7O12/c1-30(2)39-32(31(3)45)6-4-5-8-37-33(46)7-18-52-20-22-54-24-25-55-23-21-53-19-9-38-34(47)26-41-12-10-40(16-17-44)11-14-42(27-35(48)49)29-43(15-13-41)28-36(50)51/h17,30,32,39H,4-16,18-29H2,1-3H3,(H,37,46)(H,38,47)(H,48,49)(H,50,51). The van der Waals surface area contributed by atoms with E-state index < -0.39 is 11.9 Å². The number of carboxylic acid groups (broad SMARTS) is 2. The molecule has 0 aromatic rings. The SMILES string of the molecule is CC(=O)C(CCCCNC(=O)CCOCCOCCOCCOCCNC(=O)CN1CCN(CC=O)CCN(CC(=O)O)CN(CC(=O)O)CC1)NC(C)C. The number of amides is 2. The van der Waals surface area contributed by atoms with E-state index in [0.717, 1.165) is 25.5 Å². The lowest BCUT2D eigenvalue weighted by Crippen LogP contribution is -2.47. The van der Waals surface area contributed by atoms with Crippen LogP contribution < -0.4 is 16.0 Å². The number of nitrogens with one attached hydrogen (secondary N) is 3. The summed E-state index contributed by atoms with van der Waals surface area (Å²) in [6, 6.07) is 0.106. The van der Waals surface area contributed by atoms with Crippen LogP contribution in [0.3, 0.4) is 0 Å². The molecule has 0 bridgehead atoms. The molecule has 5 N–H and O–H groups in total. The molecule has 1 aliphatic heterocycles. The Labute approximate surface area is 325 Å². The number of nitrogens with zero attached hydrogens (tertiary/aromatic N) is 4. The van der Waals surface area contributed by atoms with Gasteiger partial charge in [0.1, 0.15) is 12.1 Å². The zero-order chi connectivity index (χ0) is 40.7. The van der Waals surface area contributed by atoms with Crippen molar-refractivity contribution in [3.05, 3.63) is 0 Å². The topological polar surface area (TPSA) is 229 Å². The molecule has 2 amide bonds. The monoisotopic (exact) mass is 789 g/mol. The number of rotatable bonds is 31. The van der Waals surface area contributed by atoms with Crippen molar-refractivity contribution < 1.29 is 57.9 Å². The number of ether oxygens (including phenoxy) is 4. The molecule has 1 fully saturated rings. The maximum absolute atomic E-state index is 12.7. The van der Waals surface area contributed by atoms with Gasteiger partial charge in [-0.15, -0.1) is 0 Å². The summed E-state index contributed by atoms with van der Waals surface area (Å²) in [6.07, 6.45) is 3.46. The van der Waals surface area contributed by atoms with Crippen LogP contribution in [0.4, 0.5) is 0 Å². The third kappa shape index (κ3) is 28.9. The van der Waals surface area contributed by atoms with E-state index in [1.54, 1.807) is 16.7 Å². The van der Waals surface area contributed by atoms with E-state index in [9.17, 15) is 39.0 Å². The smallest absolute Gasteiger partial charge is 0.317 e. The van der Waals surface area contributed by atoms with Crippen LogP contribution in [0.25, 0.3) is 0 Å². The molecule has 1 unspecified atom stereocenters. The van der Waals surface area contributed by atoms with Crippen LogP contribution in [-0.4, -0.2) is 216 Å². The Morgan fingerprint density at radius 3 is 1.64 bits per heavy atom. The Hall–Kier alpha value is -3.14. The quantitative estimate of drug-likeness (QED) is 0.0392. The minimum Gasteiger partial charge on any atom is -0.480 e. The molecule has 1 rings (SSSR count). The molecule has 0 aromatic heterocycles. The lowest BCUT2D eigenvalue weighted by atomic mass is 10.1. The highest BCUT2D eigenvalue weighted by Crippen LogP contribution is 2.04. The number of hydrogen-bond acceptors (Lipinski definition) is 15. The molecule has 0 aliphatic carbocycles. The molecule has 0 spiro atoms. The first-order valence-corrected chi connectivity index (χ1v) is 19.3. The normalized spacial score (nSPS) is 16.0. The summed E-state index contributed by atoms with van der Waals surface area (Å²) >= 11 is 0. The van der Waals surface area contributed by atoms with Gasteiger partial charge >= 0.3 is 11.9 Å². The summed E-state index contributed by atoms with van der Waals surface area (Å²) in [7, 11) is 0. The molecule has 1 atom stereocenters. The Kier molecular flexibility index (Phi) is 29.0. The highest BCUT2D eigenvalue weighted by molar-refractivity contribution is 5.81. The summed E-state index contributed by atoms with van der Waals surface area (Å²) in [5.74, 6) is -2.22. The van der Waals surface area contributed by atoms with Gasteiger partial charge in [0, 0.05) is 64.8 Å². The van der Waals surface area contributed by atoms with E-state index in [2.05, 4.69) is 16.0 Å². The first-order valence-electron chi connectivity index (χ1n) is 19.3. The molecule has 1 heterocycles. The fraction of sp³-hybridized carbons (Fsp3) is 0.833. The maximum atomic E-state index is 12.7. The van der Waals surface area contributed by atoms with E-state index in [1.807, 2.05) is 23.6 Å². The van der Waals surface area contributed by atoms with Crippen LogP contribution in [0.2, 0.25) is 0 Å². The van der Waals surface area contributed by atoms with Crippen molar-refractivity contribution in [3.8, 4) is 0 Å². The lowest BCUT2D eigenvalue weighted by Gasteiger charge is -2.29. The molecule has 318 valence electrons.